The summed E-state index contributed by atoms with van der Waals surface area (Å²) in [5.41, 5.74) is 0.595. The Morgan fingerprint density at radius 1 is 1.15 bits per heavy atom. The lowest BCUT2D eigenvalue weighted by Gasteiger charge is -2.17. The van der Waals surface area contributed by atoms with Crippen LogP contribution in [0.2, 0.25) is 5.02 Å². The third kappa shape index (κ3) is 4.68. The summed E-state index contributed by atoms with van der Waals surface area (Å²) in [7, 11) is 0. The Hall–Kier alpha value is -2.80. The van der Waals surface area contributed by atoms with Crippen molar-refractivity contribution in [3.63, 3.8) is 0 Å². The fourth-order valence-electron chi connectivity index (χ4n) is 2.95. The quantitative estimate of drug-likeness (QED) is 0.306. The standard InChI is InChI=1S/C19H19ClN2O5/c20-15-5-1-2-6-18(15)26-11-12-27-19(23)14-7-8-16(17(13-14)22(24)25)21-9-3-4-10-21/h1-2,5-8,13H,3-4,9-12H2. The number of ether oxygens (including phenoxy) is 2. The van der Waals surface area contributed by atoms with Crippen molar-refractivity contribution in [1.29, 1.82) is 0 Å². The lowest BCUT2D eigenvalue weighted by Crippen LogP contribution is -2.19. The van der Waals surface area contributed by atoms with E-state index in [2.05, 4.69) is 0 Å². The summed E-state index contributed by atoms with van der Waals surface area (Å²) >= 11 is 5.98. The van der Waals surface area contributed by atoms with Crippen molar-refractivity contribution < 1.29 is 19.2 Å². The number of benzene rings is 2. The lowest BCUT2D eigenvalue weighted by atomic mass is 10.1. The predicted octanol–water partition coefficient (Wildman–Crippen LogP) is 4.08. The van der Waals surface area contributed by atoms with Crippen molar-refractivity contribution in [2.75, 3.05) is 31.2 Å². The van der Waals surface area contributed by atoms with Crippen LogP contribution in [-0.2, 0) is 4.74 Å². The maximum atomic E-state index is 12.2. The summed E-state index contributed by atoms with van der Waals surface area (Å²) in [5, 5.41) is 11.9. The number of nitrogens with zero attached hydrogens (tertiary/aromatic N) is 2. The summed E-state index contributed by atoms with van der Waals surface area (Å²) in [6, 6.07) is 11.4. The Morgan fingerprint density at radius 3 is 2.59 bits per heavy atom. The Bertz CT molecular complexity index is 837. The van der Waals surface area contributed by atoms with Crippen LogP contribution in [-0.4, -0.2) is 37.2 Å². The second-order valence-electron chi connectivity index (χ2n) is 6.07. The highest BCUT2D eigenvalue weighted by Gasteiger charge is 2.24. The first kappa shape index (κ1) is 19.0. The number of hydrogen-bond acceptors (Lipinski definition) is 6. The first-order valence-corrected chi connectivity index (χ1v) is 9.02. The second-order valence-corrected chi connectivity index (χ2v) is 6.48. The fraction of sp³-hybridized carbons (Fsp3) is 0.316. The van der Waals surface area contributed by atoms with Gasteiger partial charge in [0, 0.05) is 19.2 Å². The number of nitro benzene ring substituents is 1. The molecule has 0 unspecified atom stereocenters. The van der Waals surface area contributed by atoms with Crippen LogP contribution in [0.4, 0.5) is 11.4 Å². The molecule has 1 saturated heterocycles. The van der Waals surface area contributed by atoms with Crippen molar-refractivity contribution in [2.24, 2.45) is 0 Å². The minimum atomic E-state index is -0.631. The van der Waals surface area contributed by atoms with Gasteiger partial charge < -0.3 is 14.4 Å². The number of nitro groups is 1. The van der Waals surface area contributed by atoms with Crippen molar-refractivity contribution >= 4 is 28.9 Å². The van der Waals surface area contributed by atoms with Crippen LogP contribution in [0.5, 0.6) is 5.75 Å². The minimum Gasteiger partial charge on any atom is -0.488 e. The average molecular weight is 391 g/mol. The van der Waals surface area contributed by atoms with Gasteiger partial charge in [-0.2, -0.15) is 0 Å². The number of halogens is 1. The molecule has 1 heterocycles. The molecule has 2 aromatic carbocycles. The van der Waals surface area contributed by atoms with E-state index in [1.165, 1.54) is 6.07 Å². The van der Waals surface area contributed by atoms with Crippen LogP contribution in [0.1, 0.15) is 23.2 Å². The van der Waals surface area contributed by atoms with E-state index in [0.29, 0.717) is 16.5 Å². The van der Waals surface area contributed by atoms with E-state index in [1.54, 1.807) is 36.4 Å². The average Bonchev–Trinajstić information content (AvgIpc) is 3.20. The molecule has 1 aliphatic heterocycles. The van der Waals surface area contributed by atoms with Gasteiger partial charge in [-0.05, 0) is 37.1 Å². The molecule has 142 valence electrons. The normalized spacial score (nSPS) is 13.4. The largest absolute Gasteiger partial charge is 0.488 e. The predicted molar refractivity (Wildman–Crippen MR) is 102 cm³/mol. The van der Waals surface area contributed by atoms with Gasteiger partial charge in [-0.15, -0.1) is 0 Å². The van der Waals surface area contributed by atoms with Gasteiger partial charge in [-0.3, -0.25) is 10.1 Å². The van der Waals surface area contributed by atoms with Crippen LogP contribution in [0.25, 0.3) is 0 Å². The van der Waals surface area contributed by atoms with E-state index in [9.17, 15) is 14.9 Å². The third-order valence-electron chi connectivity index (χ3n) is 4.27. The van der Waals surface area contributed by atoms with E-state index >= 15 is 0 Å². The van der Waals surface area contributed by atoms with Crippen molar-refractivity contribution in [1.82, 2.24) is 0 Å². The molecule has 0 N–H and O–H groups in total. The molecule has 2 aromatic rings. The van der Waals surface area contributed by atoms with Gasteiger partial charge in [0.25, 0.3) is 5.69 Å². The summed E-state index contributed by atoms with van der Waals surface area (Å²) in [6.07, 6.45) is 2.01. The Labute approximate surface area is 161 Å². The first-order chi connectivity index (χ1) is 13.1. The van der Waals surface area contributed by atoms with Gasteiger partial charge in [0.1, 0.15) is 24.7 Å². The molecular formula is C19H19ClN2O5. The smallest absolute Gasteiger partial charge is 0.338 e. The highest BCUT2D eigenvalue weighted by Crippen LogP contribution is 2.31. The monoisotopic (exact) mass is 390 g/mol. The minimum absolute atomic E-state index is 0.00569. The Morgan fingerprint density at radius 2 is 1.89 bits per heavy atom. The number of esters is 1. The van der Waals surface area contributed by atoms with Gasteiger partial charge in [-0.1, -0.05) is 23.7 Å². The Kier molecular flexibility index (Phi) is 6.13. The molecule has 0 bridgehead atoms. The summed E-state index contributed by atoms with van der Waals surface area (Å²) in [5.74, 6) is -0.130. The van der Waals surface area contributed by atoms with Crippen LogP contribution in [0, 0.1) is 10.1 Å². The molecule has 8 heteroatoms. The van der Waals surface area contributed by atoms with E-state index in [4.69, 9.17) is 21.1 Å². The van der Waals surface area contributed by atoms with Gasteiger partial charge in [-0.25, -0.2) is 4.79 Å². The molecule has 1 aliphatic rings. The van der Waals surface area contributed by atoms with E-state index in [0.717, 1.165) is 25.9 Å². The molecule has 0 atom stereocenters. The van der Waals surface area contributed by atoms with Crippen molar-refractivity contribution in [3.05, 3.63) is 63.2 Å². The van der Waals surface area contributed by atoms with E-state index in [1.807, 2.05) is 4.90 Å². The number of anilines is 1. The summed E-state index contributed by atoms with van der Waals surface area (Å²) < 4.78 is 10.6. The summed E-state index contributed by atoms with van der Waals surface area (Å²) in [4.78, 5) is 25.1. The summed E-state index contributed by atoms with van der Waals surface area (Å²) in [6.45, 7) is 1.70. The zero-order valence-corrected chi connectivity index (χ0v) is 15.4. The van der Waals surface area contributed by atoms with Gasteiger partial charge in [0.15, 0.2) is 0 Å². The molecule has 0 aliphatic carbocycles. The highest BCUT2D eigenvalue weighted by molar-refractivity contribution is 6.32. The number of carbonyl (C=O) groups is 1. The van der Waals surface area contributed by atoms with Crippen LogP contribution < -0.4 is 9.64 Å². The maximum absolute atomic E-state index is 12.2. The molecule has 27 heavy (non-hydrogen) atoms. The molecule has 0 saturated carbocycles. The molecule has 0 spiro atoms. The first-order valence-electron chi connectivity index (χ1n) is 8.64. The molecule has 7 nitrogen and oxygen atoms in total. The molecule has 0 amide bonds. The van der Waals surface area contributed by atoms with Crippen LogP contribution in [0.3, 0.4) is 0 Å². The zero-order chi connectivity index (χ0) is 19.2. The Balaban J connectivity index is 1.60. The van der Waals surface area contributed by atoms with Crippen LogP contribution >= 0.6 is 11.6 Å². The van der Waals surface area contributed by atoms with E-state index in [-0.39, 0.29) is 24.5 Å². The van der Waals surface area contributed by atoms with Gasteiger partial charge in [0.05, 0.1) is 15.5 Å². The van der Waals surface area contributed by atoms with E-state index < -0.39 is 10.9 Å². The molecule has 0 aromatic heterocycles. The van der Waals surface area contributed by atoms with Crippen LogP contribution in [0.15, 0.2) is 42.5 Å². The molecule has 1 fully saturated rings. The number of para-hydroxylation sites is 1. The number of carbonyl (C=O) groups excluding carboxylic acids is 1. The fourth-order valence-corrected chi connectivity index (χ4v) is 3.14. The molecule has 3 rings (SSSR count). The van der Waals surface area contributed by atoms with Crippen molar-refractivity contribution in [2.45, 2.75) is 12.8 Å². The maximum Gasteiger partial charge on any atom is 0.338 e. The number of hydrogen-bond donors (Lipinski definition) is 0. The topological polar surface area (TPSA) is 81.9 Å². The van der Waals surface area contributed by atoms with Gasteiger partial charge in [0.2, 0.25) is 0 Å². The number of rotatable bonds is 7. The van der Waals surface area contributed by atoms with Crippen molar-refractivity contribution in [3.8, 4) is 5.75 Å². The van der Waals surface area contributed by atoms with Gasteiger partial charge >= 0.3 is 5.97 Å². The molecule has 0 radical (unpaired) electrons. The zero-order valence-electron chi connectivity index (χ0n) is 14.6. The highest BCUT2D eigenvalue weighted by atomic mass is 35.5. The lowest BCUT2D eigenvalue weighted by molar-refractivity contribution is -0.384. The third-order valence-corrected chi connectivity index (χ3v) is 4.58. The second kappa shape index (κ2) is 8.73. The SMILES string of the molecule is O=C(OCCOc1ccccc1Cl)c1ccc(N2CCCC2)c([N+](=O)[O-])c1. The molecular weight excluding hydrogens is 372 g/mol.